The molecule has 0 saturated heterocycles. The summed E-state index contributed by atoms with van der Waals surface area (Å²) in [5.41, 5.74) is 7.93. The van der Waals surface area contributed by atoms with Gasteiger partial charge in [0, 0.05) is 18.3 Å². The van der Waals surface area contributed by atoms with Crippen LogP contribution in [0.3, 0.4) is 0 Å². The SMILES string of the molecule is Nc1ncnc2c1CCN(C(=O)c1cccnc1Cl)C2. The number of amides is 1. The van der Waals surface area contributed by atoms with Crippen molar-refractivity contribution in [3.63, 3.8) is 0 Å². The number of hydrogen-bond acceptors (Lipinski definition) is 5. The molecule has 102 valence electrons. The van der Waals surface area contributed by atoms with Crippen molar-refractivity contribution in [2.45, 2.75) is 13.0 Å². The van der Waals surface area contributed by atoms with Gasteiger partial charge >= 0.3 is 0 Å². The number of nitrogen functional groups attached to an aromatic ring is 1. The van der Waals surface area contributed by atoms with Gasteiger partial charge in [-0.25, -0.2) is 15.0 Å². The molecule has 3 heterocycles. The monoisotopic (exact) mass is 289 g/mol. The van der Waals surface area contributed by atoms with Crippen molar-refractivity contribution in [2.75, 3.05) is 12.3 Å². The zero-order valence-electron chi connectivity index (χ0n) is 10.6. The Balaban J connectivity index is 1.88. The van der Waals surface area contributed by atoms with Crippen molar-refractivity contribution >= 4 is 23.3 Å². The maximum Gasteiger partial charge on any atom is 0.257 e. The van der Waals surface area contributed by atoms with Crippen molar-refractivity contribution in [3.8, 4) is 0 Å². The predicted molar refractivity (Wildman–Crippen MR) is 74.1 cm³/mol. The molecule has 3 rings (SSSR count). The third-order valence-corrected chi connectivity index (χ3v) is 3.62. The average Bonchev–Trinajstić information content (AvgIpc) is 2.47. The van der Waals surface area contributed by atoms with Crippen LogP contribution in [0.15, 0.2) is 24.7 Å². The summed E-state index contributed by atoms with van der Waals surface area (Å²) in [4.78, 5) is 26.2. The fourth-order valence-corrected chi connectivity index (χ4v) is 2.47. The van der Waals surface area contributed by atoms with E-state index in [2.05, 4.69) is 15.0 Å². The summed E-state index contributed by atoms with van der Waals surface area (Å²) in [6.45, 7) is 0.973. The minimum Gasteiger partial charge on any atom is -0.383 e. The van der Waals surface area contributed by atoms with Gasteiger partial charge in [0.2, 0.25) is 0 Å². The van der Waals surface area contributed by atoms with Crippen molar-refractivity contribution in [1.29, 1.82) is 0 Å². The Bertz CT molecular complexity index is 676. The lowest BCUT2D eigenvalue weighted by atomic mass is 10.0. The largest absolute Gasteiger partial charge is 0.383 e. The van der Waals surface area contributed by atoms with Gasteiger partial charge < -0.3 is 10.6 Å². The van der Waals surface area contributed by atoms with Gasteiger partial charge in [0.15, 0.2) is 0 Å². The Morgan fingerprint density at radius 2 is 2.20 bits per heavy atom. The van der Waals surface area contributed by atoms with Crippen LogP contribution >= 0.6 is 11.6 Å². The van der Waals surface area contributed by atoms with Crippen LogP contribution in [0.1, 0.15) is 21.6 Å². The van der Waals surface area contributed by atoms with Gasteiger partial charge in [-0.15, -0.1) is 0 Å². The van der Waals surface area contributed by atoms with Gasteiger partial charge in [-0.3, -0.25) is 4.79 Å². The van der Waals surface area contributed by atoms with Crippen LogP contribution in [0.25, 0.3) is 0 Å². The molecule has 1 aliphatic heterocycles. The van der Waals surface area contributed by atoms with E-state index in [-0.39, 0.29) is 11.1 Å². The Morgan fingerprint density at radius 1 is 1.35 bits per heavy atom. The van der Waals surface area contributed by atoms with Crippen LogP contribution in [0, 0.1) is 0 Å². The number of nitrogens with two attached hydrogens (primary N) is 1. The number of aromatic nitrogens is 3. The zero-order chi connectivity index (χ0) is 14.1. The molecule has 2 aromatic rings. The predicted octanol–water partition coefficient (Wildman–Crippen LogP) is 1.31. The van der Waals surface area contributed by atoms with Gasteiger partial charge in [0.1, 0.15) is 17.3 Å². The summed E-state index contributed by atoms with van der Waals surface area (Å²) in [7, 11) is 0. The molecule has 0 aromatic carbocycles. The smallest absolute Gasteiger partial charge is 0.257 e. The van der Waals surface area contributed by atoms with Crippen molar-refractivity contribution in [1.82, 2.24) is 19.9 Å². The van der Waals surface area contributed by atoms with Gasteiger partial charge in [-0.1, -0.05) is 11.6 Å². The van der Waals surface area contributed by atoms with Gasteiger partial charge in [0.05, 0.1) is 17.8 Å². The topological polar surface area (TPSA) is 85.0 Å². The quantitative estimate of drug-likeness (QED) is 0.800. The second-order valence-electron chi connectivity index (χ2n) is 4.50. The minimum absolute atomic E-state index is 0.147. The van der Waals surface area contributed by atoms with Crippen molar-refractivity contribution < 1.29 is 4.79 Å². The van der Waals surface area contributed by atoms with Crippen molar-refractivity contribution in [3.05, 3.63) is 46.6 Å². The fourth-order valence-electron chi connectivity index (χ4n) is 2.27. The van der Waals surface area contributed by atoms with E-state index in [1.54, 1.807) is 23.2 Å². The first kappa shape index (κ1) is 12.8. The molecular weight excluding hydrogens is 278 g/mol. The molecule has 0 spiro atoms. The Kier molecular flexibility index (Phi) is 3.23. The summed E-state index contributed by atoms with van der Waals surface area (Å²) in [6.07, 6.45) is 3.61. The molecule has 0 radical (unpaired) electrons. The lowest BCUT2D eigenvalue weighted by Gasteiger charge is -2.28. The first-order valence-corrected chi connectivity index (χ1v) is 6.52. The Hall–Kier alpha value is -2.21. The van der Waals surface area contributed by atoms with Gasteiger partial charge in [0.25, 0.3) is 5.91 Å². The first-order valence-electron chi connectivity index (χ1n) is 6.15. The number of rotatable bonds is 1. The number of hydrogen-bond donors (Lipinski definition) is 1. The third-order valence-electron chi connectivity index (χ3n) is 3.32. The molecule has 2 aromatic heterocycles. The van der Waals surface area contributed by atoms with E-state index in [9.17, 15) is 4.79 Å². The molecule has 0 saturated carbocycles. The van der Waals surface area contributed by atoms with Crippen LogP contribution in [0.4, 0.5) is 5.82 Å². The molecule has 1 amide bonds. The summed E-state index contributed by atoms with van der Waals surface area (Å²) in [6, 6.07) is 3.36. The minimum atomic E-state index is -0.147. The zero-order valence-corrected chi connectivity index (χ0v) is 11.3. The van der Waals surface area contributed by atoms with E-state index in [1.807, 2.05) is 0 Å². The van der Waals surface area contributed by atoms with E-state index in [1.165, 1.54) is 6.33 Å². The summed E-state index contributed by atoms with van der Waals surface area (Å²) in [5, 5.41) is 0.213. The standard InChI is InChI=1S/C13H12ClN5O/c14-11-9(2-1-4-16-11)13(20)19-5-3-8-10(6-19)17-7-18-12(8)15/h1-2,4,7H,3,5-6H2,(H2,15,17,18). The van der Waals surface area contributed by atoms with Crippen LogP contribution in [0.5, 0.6) is 0 Å². The Morgan fingerprint density at radius 3 is 3.00 bits per heavy atom. The molecule has 1 aliphatic rings. The molecule has 2 N–H and O–H groups in total. The lowest BCUT2D eigenvalue weighted by Crippen LogP contribution is -2.37. The highest BCUT2D eigenvalue weighted by Gasteiger charge is 2.25. The highest BCUT2D eigenvalue weighted by Crippen LogP contribution is 2.23. The number of halogens is 1. The third kappa shape index (κ3) is 2.18. The highest BCUT2D eigenvalue weighted by molar-refractivity contribution is 6.32. The van der Waals surface area contributed by atoms with E-state index in [0.717, 1.165) is 11.3 Å². The molecular formula is C13H12ClN5O. The summed E-state index contributed by atoms with van der Waals surface area (Å²) < 4.78 is 0. The summed E-state index contributed by atoms with van der Waals surface area (Å²) >= 11 is 5.96. The van der Waals surface area contributed by atoms with Crippen LogP contribution in [-0.4, -0.2) is 32.3 Å². The average molecular weight is 290 g/mol. The summed E-state index contributed by atoms with van der Waals surface area (Å²) in [5.74, 6) is 0.340. The molecule has 0 fully saturated rings. The van der Waals surface area contributed by atoms with Crippen LogP contribution in [-0.2, 0) is 13.0 Å². The molecule has 0 atom stereocenters. The van der Waals surface area contributed by atoms with E-state index >= 15 is 0 Å². The second-order valence-corrected chi connectivity index (χ2v) is 4.86. The molecule has 6 nitrogen and oxygen atoms in total. The van der Waals surface area contributed by atoms with Gasteiger partial charge in [-0.05, 0) is 18.6 Å². The number of anilines is 1. The number of nitrogens with zero attached hydrogens (tertiary/aromatic N) is 4. The highest BCUT2D eigenvalue weighted by atomic mass is 35.5. The number of carbonyl (C=O) groups excluding carboxylic acids is 1. The van der Waals surface area contributed by atoms with E-state index in [0.29, 0.717) is 30.9 Å². The number of carbonyl (C=O) groups is 1. The van der Waals surface area contributed by atoms with Crippen LogP contribution < -0.4 is 5.73 Å². The molecule has 0 unspecified atom stereocenters. The normalized spacial score (nSPS) is 13.9. The Labute approximate surface area is 120 Å². The number of pyridine rings is 1. The molecule has 7 heteroatoms. The second kappa shape index (κ2) is 5.05. The van der Waals surface area contributed by atoms with Crippen molar-refractivity contribution in [2.24, 2.45) is 0 Å². The molecule has 0 bridgehead atoms. The first-order chi connectivity index (χ1) is 9.66. The molecule has 20 heavy (non-hydrogen) atoms. The lowest BCUT2D eigenvalue weighted by molar-refractivity contribution is 0.0731. The fraction of sp³-hybridized carbons (Fsp3) is 0.231. The maximum atomic E-state index is 12.4. The van der Waals surface area contributed by atoms with Crippen LogP contribution in [0.2, 0.25) is 5.15 Å². The van der Waals surface area contributed by atoms with E-state index < -0.39 is 0 Å². The molecule has 0 aliphatic carbocycles. The van der Waals surface area contributed by atoms with E-state index in [4.69, 9.17) is 17.3 Å². The number of fused-ring (bicyclic) bond motifs is 1. The maximum absolute atomic E-state index is 12.4. The van der Waals surface area contributed by atoms with Gasteiger partial charge in [-0.2, -0.15) is 0 Å².